The number of nitrogens with zero attached hydrogens (tertiary/aromatic N) is 1. The monoisotopic (exact) mass is 411 g/mol. The summed E-state index contributed by atoms with van der Waals surface area (Å²) in [6.45, 7) is 4.66. The SMILES string of the molecule is CCOC(C(=O)O)=C(CC)c1ccc(OCCN2C(=O)COc3ccccc32)cc1. The third kappa shape index (κ3) is 4.74. The molecule has 0 aromatic heterocycles. The number of carboxylic acid groups (broad SMARTS) is 1. The van der Waals surface area contributed by atoms with E-state index in [1.165, 1.54) is 0 Å². The number of benzene rings is 2. The Labute approximate surface area is 175 Å². The first-order valence-corrected chi connectivity index (χ1v) is 9.89. The molecule has 0 radical (unpaired) electrons. The first-order chi connectivity index (χ1) is 14.5. The van der Waals surface area contributed by atoms with E-state index in [1.54, 1.807) is 24.0 Å². The number of anilines is 1. The molecule has 1 aliphatic heterocycles. The average molecular weight is 411 g/mol. The maximum absolute atomic E-state index is 12.2. The molecule has 0 saturated carbocycles. The summed E-state index contributed by atoms with van der Waals surface area (Å²) in [5.74, 6) is 0.102. The van der Waals surface area contributed by atoms with Crippen molar-refractivity contribution in [1.29, 1.82) is 0 Å². The van der Waals surface area contributed by atoms with Crippen molar-refractivity contribution in [1.82, 2.24) is 0 Å². The van der Waals surface area contributed by atoms with Gasteiger partial charge >= 0.3 is 5.97 Å². The Balaban J connectivity index is 1.66. The molecule has 2 aromatic carbocycles. The molecule has 0 fully saturated rings. The van der Waals surface area contributed by atoms with Crippen LogP contribution in [0.25, 0.3) is 5.57 Å². The fourth-order valence-corrected chi connectivity index (χ4v) is 3.32. The highest BCUT2D eigenvalue weighted by molar-refractivity contribution is 5.97. The first kappa shape index (κ1) is 21.2. The van der Waals surface area contributed by atoms with Crippen LogP contribution >= 0.6 is 0 Å². The molecule has 7 heteroatoms. The minimum Gasteiger partial charge on any atom is -0.492 e. The second-order valence-electron chi connectivity index (χ2n) is 6.57. The summed E-state index contributed by atoms with van der Waals surface area (Å²) in [5, 5.41) is 9.40. The van der Waals surface area contributed by atoms with Crippen molar-refractivity contribution >= 4 is 23.1 Å². The zero-order chi connectivity index (χ0) is 21.5. The molecule has 30 heavy (non-hydrogen) atoms. The molecule has 7 nitrogen and oxygen atoms in total. The van der Waals surface area contributed by atoms with Crippen molar-refractivity contribution in [2.45, 2.75) is 20.3 Å². The molecule has 0 bridgehead atoms. The van der Waals surface area contributed by atoms with E-state index < -0.39 is 5.97 Å². The van der Waals surface area contributed by atoms with E-state index in [-0.39, 0.29) is 24.9 Å². The lowest BCUT2D eigenvalue weighted by Gasteiger charge is -2.29. The number of para-hydroxylation sites is 2. The number of carbonyl (C=O) groups is 2. The van der Waals surface area contributed by atoms with Crippen LogP contribution in [0.5, 0.6) is 11.5 Å². The number of fused-ring (bicyclic) bond motifs is 1. The van der Waals surface area contributed by atoms with Crippen LogP contribution in [0, 0.1) is 0 Å². The van der Waals surface area contributed by atoms with Gasteiger partial charge in [0.1, 0.15) is 18.1 Å². The van der Waals surface area contributed by atoms with Crippen molar-refractivity contribution in [3.05, 3.63) is 59.9 Å². The van der Waals surface area contributed by atoms with Gasteiger partial charge in [-0.15, -0.1) is 0 Å². The Morgan fingerprint density at radius 1 is 1.13 bits per heavy atom. The van der Waals surface area contributed by atoms with E-state index in [0.29, 0.717) is 36.6 Å². The first-order valence-electron chi connectivity index (χ1n) is 9.89. The number of ether oxygens (including phenoxy) is 3. The van der Waals surface area contributed by atoms with Crippen LogP contribution in [0.2, 0.25) is 0 Å². The Morgan fingerprint density at radius 2 is 1.87 bits per heavy atom. The maximum Gasteiger partial charge on any atom is 0.371 e. The van der Waals surface area contributed by atoms with Crippen LogP contribution in [-0.4, -0.2) is 43.3 Å². The third-order valence-electron chi connectivity index (χ3n) is 4.71. The lowest BCUT2D eigenvalue weighted by molar-refractivity contribution is -0.136. The molecule has 3 rings (SSSR count). The minimum atomic E-state index is -1.08. The molecule has 1 amide bonds. The average Bonchev–Trinajstić information content (AvgIpc) is 2.76. The summed E-state index contributed by atoms with van der Waals surface area (Å²) in [7, 11) is 0. The normalized spacial score (nSPS) is 13.8. The smallest absolute Gasteiger partial charge is 0.371 e. The molecule has 0 saturated heterocycles. The minimum absolute atomic E-state index is 0.0174. The van der Waals surface area contributed by atoms with Crippen LogP contribution in [0.15, 0.2) is 54.3 Å². The van der Waals surface area contributed by atoms with Gasteiger partial charge in [-0.1, -0.05) is 31.2 Å². The number of allylic oxidation sites excluding steroid dienone is 1. The summed E-state index contributed by atoms with van der Waals surface area (Å²) in [6.07, 6.45) is 0.528. The van der Waals surface area contributed by atoms with Crippen LogP contribution < -0.4 is 14.4 Å². The van der Waals surface area contributed by atoms with Crippen molar-refractivity contribution in [2.75, 3.05) is 31.3 Å². The van der Waals surface area contributed by atoms with Gasteiger partial charge < -0.3 is 24.2 Å². The fraction of sp³-hybridized carbons (Fsp3) is 0.304. The quantitative estimate of drug-likeness (QED) is 0.500. The fourth-order valence-electron chi connectivity index (χ4n) is 3.32. The van der Waals surface area contributed by atoms with Crippen LogP contribution in [0.1, 0.15) is 25.8 Å². The zero-order valence-corrected chi connectivity index (χ0v) is 17.1. The lowest BCUT2D eigenvalue weighted by atomic mass is 10.0. The summed E-state index contributed by atoms with van der Waals surface area (Å²) in [6, 6.07) is 14.6. The van der Waals surface area contributed by atoms with Crippen molar-refractivity contribution in [3.63, 3.8) is 0 Å². The molecule has 0 atom stereocenters. The third-order valence-corrected chi connectivity index (χ3v) is 4.71. The summed E-state index contributed by atoms with van der Waals surface area (Å²) < 4.78 is 16.6. The van der Waals surface area contributed by atoms with Crippen molar-refractivity contribution in [2.24, 2.45) is 0 Å². The van der Waals surface area contributed by atoms with E-state index in [1.807, 2.05) is 43.3 Å². The van der Waals surface area contributed by atoms with Gasteiger partial charge in [0.2, 0.25) is 5.76 Å². The number of amides is 1. The second-order valence-corrected chi connectivity index (χ2v) is 6.57. The number of carboxylic acids is 1. The highest BCUT2D eigenvalue weighted by Gasteiger charge is 2.24. The zero-order valence-electron chi connectivity index (χ0n) is 17.1. The summed E-state index contributed by atoms with van der Waals surface area (Å²) in [4.78, 5) is 25.4. The molecule has 0 aliphatic carbocycles. The van der Waals surface area contributed by atoms with Gasteiger partial charge in [0.25, 0.3) is 5.91 Å². The predicted octanol–water partition coefficient (Wildman–Crippen LogP) is 3.73. The molecular formula is C23H25NO6. The summed E-state index contributed by atoms with van der Waals surface area (Å²) >= 11 is 0. The van der Waals surface area contributed by atoms with Gasteiger partial charge in [0.15, 0.2) is 6.61 Å². The molecule has 1 N–H and O–H groups in total. The van der Waals surface area contributed by atoms with Crippen LogP contribution in [-0.2, 0) is 14.3 Å². The van der Waals surface area contributed by atoms with E-state index in [4.69, 9.17) is 14.2 Å². The van der Waals surface area contributed by atoms with Crippen LogP contribution in [0.4, 0.5) is 5.69 Å². The number of carbonyl (C=O) groups excluding carboxylic acids is 1. The van der Waals surface area contributed by atoms with Crippen molar-refractivity contribution in [3.8, 4) is 11.5 Å². The molecule has 1 heterocycles. The highest BCUT2D eigenvalue weighted by atomic mass is 16.5. The van der Waals surface area contributed by atoms with Gasteiger partial charge in [0.05, 0.1) is 18.8 Å². The van der Waals surface area contributed by atoms with E-state index >= 15 is 0 Å². The standard InChI is InChI=1S/C23H25NO6/c1-3-18(22(23(26)27)28-4-2)16-9-11-17(12-10-16)29-14-13-24-19-7-5-6-8-20(19)30-15-21(24)25/h5-12H,3-4,13-15H2,1-2H3,(H,26,27). The van der Waals surface area contributed by atoms with Gasteiger partial charge in [-0.3, -0.25) is 4.79 Å². The number of hydrogen-bond donors (Lipinski definition) is 1. The molecule has 0 spiro atoms. The Morgan fingerprint density at radius 3 is 2.53 bits per heavy atom. The number of hydrogen-bond acceptors (Lipinski definition) is 5. The van der Waals surface area contributed by atoms with Crippen molar-refractivity contribution < 1.29 is 28.9 Å². The van der Waals surface area contributed by atoms with Gasteiger partial charge in [-0.2, -0.15) is 0 Å². The largest absolute Gasteiger partial charge is 0.492 e. The van der Waals surface area contributed by atoms with E-state index in [0.717, 1.165) is 11.3 Å². The van der Waals surface area contributed by atoms with Gasteiger partial charge in [-0.25, -0.2) is 4.79 Å². The molecule has 2 aromatic rings. The Hall–Kier alpha value is -3.48. The number of aliphatic carboxylic acids is 1. The second kappa shape index (κ2) is 9.82. The Bertz CT molecular complexity index is 935. The molecule has 158 valence electrons. The Kier molecular flexibility index (Phi) is 6.95. The highest BCUT2D eigenvalue weighted by Crippen LogP contribution is 2.31. The van der Waals surface area contributed by atoms with Crippen LogP contribution in [0.3, 0.4) is 0 Å². The molecular weight excluding hydrogens is 386 g/mol. The molecule has 1 aliphatic rings. The summed E-state index contributed by atoms with van der Waals surface area (Å²) in [5.41, 5.74) is 2.14. The molecule has 0 unspecified atom stereocenters. The number of rotatable bonds is 9. The van der Waals surface area contributed by atoms with Gasteiger partial charge in [-0.05, 0) is 43.2 Å². The van der Waals surface area contributed by atoms with E-state index in [9.17, 15) is 14.7 Å². The van der Waals surface area contributed by atoms with E-state index in [2.05, 4.69) is 0 Å². The maximum atomic E-state index is 12.2. The lowest BCUT2D eigenvalue weighted by Crippen LogP contribution is -2.41. The van der Waals surface area contributed by atoms with Gasteiger partial charge in [0, 0.05) is 5.57 Å². The predicted molar refractivity (Wildman–Crippen MR) is 113 cm³/mol. The topological polar surface area (TPSA) is 85.3 Å².